The van der Waals surface area contributed by atoms with E-state index in [1.807, 2.05) is 6.07 Å². The van der Waals surface area contributed by atoms with Crippen molar-refractivity contribution in [1.82, 2.24) is 4.57 Å². The van der Waals surface area contributed by atoms with Gasteiger partial charge < -0.3 is 4.57 Å². The summed E-state index contributed by atoms with van der Waals surface area (Å²) in [5.41, 5.74) is 3.22. The number of aryl methyl sites for hydroxylation is 1. The minimum atomic E-state index is 0.310. The zero-order valence-corrected chi connectivity index (χ0v) is 10.0. The van der Waals surface area contributed by atoms with Gasteiger partial charge in [0.05, 0.1) is 5.69 Å². The van der Waals surface area contributed by atoms with Gasteiger partial charge in [0.2, 0.25) is 0 Å². The highest BCUT2D eigenvalue weighted by Gasteiger charge is 2.10. The SMILES string of the molecule is CCc1ccc2c(c1)cc(C=O)n2C(C)C. The smallest absolute Gasteiger partial charge is 0.166 e. The Balaban J connectivity index is 2.72. The number of nitrogens with zero attached hydrogens (tertiary/aromatic N) is 1. The van der Waals surface area contributed by atoms with E-state index in [1.165, 1.54) is 5.56 Å². The standard InChI is InChI=1S/C14H17NO/c1-4-11-5-6-14-12(7-11)8-13(9-16)15(14)10(2)3/h5-10H,4H2,1-3H3. The molecule has 2 rings (SSSR count). The third-order valence-corrected chi connectivity index (χ3v) is 2.98. The Bertz CT molecular complexity index is 523. The van der Waals surface area contributed by atoms with Crippen LogP contribution in [0.4, 0.5) is 0 Å². The maximum absolute atomic E-state index is 11.0. The molecule has 0 N–H and O–H groups in total. The molecule has 0 radical (unpaired) electrons. The second-order valence-electron chi connectivity index (χ2n) is 4.40. The van der Waals surface area contributed by atoms with Crippen molar-refractivity contribution in [2.45, 2.75) is 33.2 Å². The van der Waals surface area contributed by atoms with Crippen LogP contribution in [-0.4, -0.2) is 10.9 Å². The molecule has 0 atom stereocenters. The fourth-order valence-corrected chi connectivity index (χ4v) is 2.19. The van der Waals surface area contributed by atoms with E-state index in [2.05, 4.69) is 43.5 Å². The number of carbonyl (C=O) groups excluding carboxylic acids is 1. The van der Waals surface area contributed by atoms with Crippen LogP contribution in [0.25, 0.3) is 10.9 Å². The highest BCUT2D eigenvalue weighted by molar-refractivity contribution is 5.89. The fourth-order valence-electron chi connectivity index (χ4n) is 2.19. The van der Waals surface area contributed by atoms with Gasteiger partial charge in [-0.3, -0.25) is 4.79 Å². The van der Waals surface area contributed by atoms with Crippen LogP contribution in [-0.2, 0) is 6.42 Å². The largest absolute Gasteiger partial charge is 0.336 e. The third-order valence-electron chi connectivity index (χ3n) is 2.98. The Morgan fingerprint density at radius 1 is 1.31 bits per heavy atom. The van der Waals surface area contributed by atoms with Gasteiger partial charge in [-0.2, -0.15) is 0 Å². The van der Waals surface area contributed by atoms with Crippen LogP contribution in [0.1, 0.15) is 42.9 Å². The summed E-state index contributed by atoms with van der Waals surface area (Å²) in [4.78, 5) is 11.0. The molecule has 0 aliphatic carbocycles. The lowest BCUT2D eigenvalue weighted by atomic mass is 10.1. The van der Waals surface area contributed by atoms with Gasteiger partial charge in [-0.1, -0.05) is 13.0 Å². The van der Waals surface area contributed by atoms with Gasteiger partial charge in [-0.25, -0.2) is 0 Å². The lowest BCUT2D eigenvalue weighted by molar-refractivity contribution is 0.111. The molecule has 0 aliphatic rings. The topological polar surface area (TPSA) is 22.0 Å². The third kappa shape index (κ3) is 1.64. The van der Waals surface area contributed by atoms with Crippen molar-refractivity contribution in [1.29, 1.82) is 0 Å². The number of aldehydes is 1. The lowest BCUT2D eigenvalue weighted by Crippen LogP contribution is -2.04. The number of benzene rings is 1. The first-order valence-corrected chi connectivity index (χ1v) is 5.76. The molecule has 16 heavy (non-hydrogen) atoms. The summed E-state index contributed by atoms with van der Waals surface area (Å²) in [7, 11) is 0. The first-order valence-electron chi connectivity index (χ1n) is 5.76. The molecule has 2 heteroatoms. The van der Waals surface area contributed by atoms with Gasteiger partial charge in [-0.15, -0.1) is 0 Å². The van der Waals surface area contributed by atoms with E-state index in [0.29, 0.717) is 6.04 Å². The van der Waals surface area contributed by atoms with Crippen LogP contribution in [0.3, 0.4) is 0 Å². The van der Waals surface area contributed by atoms with E-state index in [0.717, 1.165) is 29.3 Å². The quantitative estimate of drug-likeness (QED) is 0.717. The Morgan fingerprint density at radius 2 is 2.06 bits per heavy atom. The summed E-state index contributed by atoms with van der Waals surface area (Å²) in [6.45, 7) is 6.33. The number of aromatic nitrogens is 1. The second kappa shape index (κ2) is 4.12. The molecule has 0 amide bonds. The van der Waals surface area contributed by atoms with Gasteiger partial charge in [0, 0.05) is 16.9 Å². The highest BCUT2D eigenvalue weighted by atomic mass is 16.1. The van der Waals surface area contributed by atoms with Gasteiger partial charge in [0.1, 0.15) is 0 Å². The molecule has 0 saturated carbocycles. The normalized spacial score (nSPS) is 11.2. The Morgan fingerprint density at radius 3 is 2.62 bits per heavy atom. The molecule has 0 fully saturated rings. The van der Waals surface area contributed by atoms with Crippen LogP contribution in [0, 0.1) is 0 Å². The predicted octanol–water partition coefficient (Wildman–Crippen LogP) is 3.60. The van der Waals surface area contributed by atoms with Crippen LogP contribution in [0.15, 0.2) is 24.3 Å². The molecular formula is C14H17NO. The summed E-state index contributed by atoms with van der Waals surface area (Å²) < 4.78 is 2.09. The maximum atomic E-state index is 11.0. The Hall–Kier alpha value is -1.57. The molecule has 2 nitrogen and oxygen atoms in total. The van der Waals surface area contributed by atoms with E-state index in [4.69, 9.17) is 0 Å². The average molecular weight is 215 g/mol. The van der Waals surface area contributed by atoms with E-state index < -0.39 is 0 Å². The molecular weight excluding hydrogens is 198 g/mol. The molecule has 84 valence electrons. The maximum Gasteiger partial charge on any atom is 0.166 e. The van der Waals surface area contributed by atoms with Crippen LogP contribution in [0.5, 0.6) is 0 Å². The van der Waals surface area contributed by atoms with Crippen LogP contribution < -0.4 is 0 Å². The van der Waals surface area contributed by atoms with Crippen molar-refractivity contribution >= 4 is 17.2 Å². The van der Waals surface area contributed by atoms with Crippen molar-refractivity contribution in [2.24, 2.45) is 0 Å². The fraction of sp³-hybridized carbons (Fsp3) is 0.357. The van der Waals surface area contributed by atoms with Gasteiger partial charge >= 0.3 is 0 Å². The molecule has 1 aromatic heterocycles. The highest BCUT2D eigenvalue weighted by Crippen LogP contribution is 2.24. The monoisotopic (exact) mass is 215 g/mol. The summed E-state index contributed by atoms with van der Waals surface area (Å²) in [5.74, 6) is 0. The molecule has 0 saturated heterocycles. The minimum absolute atomic E-state index is 0.310. The van der Waals surface area contributed by atoms with Gasteiger partial charge in [0.25, 0.3) is 0 Å². The minimum Gasteiger partial charge on any atom is -0.336 e. The van der Waals surface area contributed by atoms with Crippen molar-refractivity contribution < 1.29 is 4.79 Å². The van der Waals surface area contributed by atoms with E-state index in [-0.39, 0.29) is 0 Å². The summed E-state index contributed by atoms with van der Waals surface area (Å²) in [6.07, 6.45) is 1.96. The molecule has 2 aromatic rings. The molecule has 1 heterocycles. The van der Waals surface area contributed by atoms with Gasteiger partial charge in [-0.05, 0) is 44.0 Å². The molecule has 0 bridgehead atoms. The summed E-state index contributed by atoms with van der Waals surface area (Å²) >= 11 is 0. The molecule has 1 aromatic carbocycles. The number of hydrogen-bond acceptors (Lipinski definition) is 1. The van der Waals surface area contributed by atoms with E-state index >= 15 is 0 Å². The van der Waals surface area contributed by atoms with E-state index in [1.54, 1.807) is 0 Å². The average Bonchev–Trinajstić information content (AvgIpc) is 2.65. The molecule has 0 spiro atoms. The zero-order chi connectivity index (χ0) is 11.7. The summed E-state index contributed by atoms with van der Waals surface area (Å²) in [6, 6.07) is 8.70. The van der Waals surface area contributed by atoms with Crippen molar-refractivity contribution in [3.63, 3.8) is 0 Å². The molecule has 0 aliphatic heterocycles. The van der Waals surface area contributed by atoms with Crippen LogP contribution in [0.2, 0.25) is 0 Å². The number of rotatable bonds is 3. The predicted molar refractivity (Wildman–Crippen MR) is 67.1 cm³/mol. The zero-order valence-electron chi connectivity index (χ0n) is 10.0. The van der Waals surface area contributed by atoms with Crippen molar-refractivity contribution in [2.75, 3.05) is 0 Å². The number of hydrogen-bond donors (Lipinski definition) is 0. The van der Waals surface area contributed by atoms with Crippen molar-refractivity contribution in [3.8, 4) is 0 Å². The Kier molecular flexibility index (Phi) is 2.82. The first kappa shape index (κ1) is 10.9. The second-order valence-corrected chi connectivity index (χ2v) is 4.40. The number of fused-ring (bicyclic) bond motifs is 1. The Labute approximate surface area is 95.9 Å². The lowest BCUT2D eigenvalue weighted by Gasteiger charge is -2.11. The van der Waals surface area contributed by atoms with E-state index in [9.17, 15) is 4.79 Å². The van der Waals surface area contributed by atoms with Crippen LogP contribution >= 0.6 is 0 Å². The van der Waals surface area contributed by atoms with Gasteiger partial charge in [0.15, 0.2) is 6.29 Å². The summed E-state index contributed by atoms with van der Waals surface area (Å²) in [5, 5.41) is 1.16. The number of carbonyl (C=O) groups is 1. The molecule has 0 unspecified atom stereocenters. The van der Waals surface area contributed by atoms with Crippen molar-refractivity contribution in [3.05, 3.63) is 35.5 Å². The first-order chi connectivity index (χ1) is 7.67.